The second kappa shape index (κ2) is 4.63. The number of hydrogen-bond donors (Lipinski definition) is 1. The van der Waals surface area contributed by atoms with Crippen LogP contribution in [0.15, 0.2) is 30.8 Å². The number of hydrogen-bond acceptors (Lipinski definition) is 1. The second-order valence-corrected chi connectivity index (χ2v) is 4.37. The van der Waals surface area contributed by atoms with Gasteiger partial charge in [0, 0.05) is 0 Å². The van der Waals surface area contributed by atoms with Crippen LogP contribution < -0.4 is 5.32 Å². The molecule has 80 valence electrons. The number of nitrogens with one attached hydrogen (secondary N) is 1. The lowest BCUT2D eigenvalue weighted by Crippen LogP contribution is -2.14. The predicted octanol–water partition coefficient (Wildman–Crippen LogP) is 3.04. The summed E-state index contributed by atoms with van der Waals surface area (Å²) in [6, 6.07) is 8.60. The maximum absolute atomic E-state index is 3.88. The minimum atomic E-state index is 0.634. The smallest absolute Gasteiger partial charge is 0.00143 e. The summed E-state index contributed by atoms with van der Waals surface area (Å²) in [5.41, 5.74) is 2.73. The highest BCUT2D eigenvalue weighted by Crippen LogP contribution is 2.30. The number of rotatable bonds is 3. The highest BCUT2D eigenvalue weighted by atomic mass is 14.9. The molecule has 0 spiro atoms. The minimum Gasteiger partial charge on any atom is -0.316 e. The van der Waals surface area contributed by atoms with Crippen LogP contribution in [-0.4, -0.2) is 13.1 Å². The lowest BCUT2D eigenvalue weighted by molar-refractivity contribution is 0.487. The Hall–Kier alpha value is -1.08. The van der Waals surface area contributed by atoms with E-state index in [1.54, 1.807) is 0 Å². The fourth-order valence-electron chi connectivity index (χ4n) is 2.47. The van der Waals surface area contributed by atoms with E-state index in [-0.39, 0.29) is 0 Å². The maximum atomic E-state index is 3.88. The Kier molecular flexibility index (Phi) is 3.22. The topological polar surface area (TPSA) is 12.0 Å². The summed E-state index contributed by atoms with van der Waals surface area (Å²) in [4.78, 5) is 0. The van der Waals surface area contributed by atoms with Gasteiger partial charge in [-0.3, -0.25) is 0 Å². The quantitative estimate of drug-likeness (QED) is 0.792. The van der Waals surface area contributed by atoms with Crippen molar-refractivity contribution in [2.24, 2.45) is 5.92 Å². The lowest BCUT2D eigenvalue weighted by Gasteiger charge is -2.20. The van der Waals surface area contributed by atoms with E-state index in [2.05, 4.69) is 43.1 Å². The van der Waals surface area contributed by atoms with Gasteiger partial charge in [-0.05, 0) is 42.5 Å². The summed E-state index contributed by atoms with van der Waals surface area (Å²) >= 11 is 0. The number of benzene rings is 1. The third-order valence-corrected chi connectivity index (χ3v) is 3.51. The molecule has 1 aromatic rings. The molecule has 1 aromatic carbocycles. The van der Waals surface area contributed by atoms with E-state index in [4.69, 9.17) is 0 Å². The van der Waals surface area contributed by atoms with E-state index in [1.807, 2.05) is 6.08 Å². The Bertz CT molecular complexity index is 337. The monoisotopic (exact) mass is 201 g/mol. The van der Waals surface area contributed by atoms with Crippen LogP contribution in [0.3, 0.4) is 0 Å². The molecule has 1 fully saturated rings. The van der Waals surface area contributed by atoms with Gasteiger partial charge in [0.1, 0.15) is 0 Å². The molecule has 1 aliphatic heterocycles. The maximum Gasteiger partial charge on any atom is -0.00143 e. The third-order valence-electron chi connectivity index (χ3n) is 3.51. The Morgan fingerprint density at radius 1 is 1.47 bits per heavy atom. The van der Waals surface area contributed by atoms with Crippen LogP contribution >= 0.6 is 0 Å². The minimum absolute atomic E-state index is 0.634. The molecule has 15 heavy (non-hydrogen) atoms. The largest absolute Gasteiger partial charge is 0.316 e. The first-order valence-electron chi connectivity index (χ1n) is 5.75. The fraction of sp³-hybridized carbons (Fsp3) is 0.429. The normalized spacial score (nSPS) is 22.6. The van der Waals surface area contributed by atoms with E-state index in [9.17, 15) is 0 Å². The van der Waals surface area contributed by atoms with Crippen LogP contribution in [0.2, 0.25) is 0 Å². The summed E-state index contributed by atoms with van der Waals surface area (Å²) in [6.45, 7) is 8.55. The van der Waals surface area contributed by atoms with Gasteiger partial charge in [0.2, 0.25) is 0 Å². The molecule has 1 nitrogen and oxygen atoms in total. The molecule has 0 amide bonds. The molecular weight excluding hydrogens is 182 g/mol. The van der Waals surface area contributed by atoms with Gasteiger partial charge in [0.25, 0.3) is 0 Å². The second-order valence-electron chi connectivity index (χ2n) is 4.37. The molecule has 0 saturated carbocycles. The van der Waals surface area contributed by atoms with Crippen molar-refractivity contribution in [3.05, 3.63) is 42.0 Å². The van der Waals surface area contributed by atoms with Crippen molar-refractivity contribution in [2.45, 2.75) is 19.3 Å². The molecule has 2 atom stereocenters. The Morgan fingerprint density at radius 2 is 2.27 bits per heavy atom. The highest BCUT2D eigenvalue weighted by Gasteiger charge is 2.23. The van der Waals surface area contributed by atoms with Crippen LogP contribution in [0.25, 0.3) is 6.08 Å². The third kappa shape index (κ3) is 2.13. The molecule has 1 aliphatic rings. The van der Waals surface area contributed by atoms with Crippen molar-refractivity contribution in [1.82, 2.24) is 5.32 Å². The molecule has 0 bridgehead atoms. The van der Waals surface area contributed by atoms with E-state index >= 15 is 0 Å². The zero-order valence-electron chi connectivity index (χ0n) is 9.37. The standard InChI is InChI=1S/C14H19N/c1-3-12-6-4-5-7-14(12)11(2)13-8-9-15-10-13/h3-7,11,13,15H,1,8-10H2,2H3. The van der Waals surface area contributed by atoms with Crippen molar-refractivity contribution in [2.75, 3.05) is 13.1 Å². The molecule has 0 radical (unpaired) electrons. The summed E-state index contributed by atoms with van der Waals surface area (Å²) in [7, 11) is 0. The zero-order valence-corrected chi connectivity index (χ0v) is 9.37. The van der Waals surface area contributed by atoms with Crippen molar-refractivity contribution in [1.29, 1.82) is 0 Å². The van der Waals surface area contributed by atoms with Gasteiger partial charge in [-0.15, -0.1) is 0 Å². The van der Waals surface area contributed by atoms with Crippen LogP contribution in [0.5, 0.6) is 0 Å². The molecule has 0 aliphatic carbocycles. The van der Waals surface area contributed by atoms with Crippen molar-refractivity contribution in [3.8, 4) is 0 Å². The van der Waals surface area contributed by atoms with E-state index in [0.29, 0.717) is 5.92 Å². The van der Waals surface area contributed by atoms with Crippen molar-refractivity contribution in [3.63, 3.8) is 0 Å². The SMILES string of the molecule is C=Cc1ccccc1C(C)C1CCNC1. The molecular formula is C14H19N. The van der Waals surface area contributed by atoms with Crippen LogP contribution in [0.4, 0.5) is 0 Å². The molecule has 1 saturated heterocycles. The fourth-order valence-corrected chi connectivity index (χ4v) is 2.47. The Labute approximate surface area is 92.2 Å². The summed E-state index contributed by atoms with van der Waals surface area (Å²) in [6.07, 6.45) is 3.26. The summed E-state index contributed by atoms with van der Waals surface area (Å²) < 4.78 is 0. The first kappa shape index (κ1) is 10.4. The molecule has 1 heteroatoms. The van der Waals surface area contributed by atoms with Gasteiger partial charge in [0.15, 0.2) is 0 Å². The Balaban J connectivity index is 2.23. The van der Waals surface area contributed by atoms with Gasteiger partial charge in [-0.25, -0.2) is 0 Å². The van der Waals surface area contributed by atoms with Gasteiger partial charge < -0.3 is 5.32 Å². The van der Waals surface area contributed by atoms with Crippen LogP contribution in [0, 0.1) is 5.92 Å². The molecule has 0 aromatic heterocycles. The first-order chi connectivity index (χ1) is 7.33. The highest BCUT2D eigenvalue weighted by molar-refractivity contribution is 5.52. The molecule has 2 rings (SSSR count). The molecule has 1 heterocycles. The van der Waals surface area contributed by atoms with Gasteiger partial charge >= 0.3 is 0 Å². The van der Waals surface area contributed by atoms with E-state index in [0.717, 1.165) is 12.5 Å². The van der Waals surface area contributed by atoms with Gasteiger partial charge in [-0.1, -0.05) is 43.8 Å². The lowest BCUT2D eigenvalue weighted by atomic mass is 9.84. The van der Waals surface area contributed by atoms with E-state index in [1.165, 1.54) is 24.1 Å². The predicted molar refractivity (Wildman–Crippen MR) is 65.9 cm³/mol. The van der Waals surface area contributed by atoms with Crippen LogP contribution in [0.1, 0.15) is 30.4 Å². The summed E-state index contributed by atoms with van der Waals surface area (Å²) in [5, 5.41) is 3.43. The first-order valence-corrected chi connectivity index (χ1v) is 5.75. The van der Waals surface area contributed by atoms with Gasteiger partial charge in [-0.2, -0.15) is 0 Å². The molecule has 2 unspecified atom stereocenters. The summed E-state index contributed by atoms with van der Waals surface area (Å²) in [5.74, 6) is 1.42. The van der Waals surface area contributed by atoms with Crippen molar-refractivity contribution < 1.29 is 0 Å². The zero-order chi connectivity index (χ0) is 10.7. The average molecular weight is 201 g/mol. The Morgan fingerprint density at radius 3 is 2.93 bits per heavy atom. The van der Waals surface area contributed by atoms with E-state index < -0.39 is 0 Å². The van der Waals surface area contributed by atoms with Crippen LogP contribution in [-0.2, 0) is 0 Å². The molecule has 1 N–H and O–H groups in total. The van der Waals surface area contributed by atoms with Gasteiger partial charge in [0.05, 0.1) is 0 Å². The van der Waals surface area contributed by atoms with Crippen molar-refractivity contribution >= 4 is 6.08 Å². The average Bonchev–Trinajstić information content (AvgIpc) is 2.81.